The van der Waals surface area contributed by atoms with E-state index in [-0.39, 0.29) is 0 Å². The van der Waals surface area contributed by atoms with Gasteiger partial charge in [0.05, 0.1) is 17.7 Å². The third-order valence-electron chi connectivity index (χ3n) is 2.34. The van der Waals surface area contributed by atoms with Gasteiger partial charge in [-0.1, -0.05) is 0 Å². The van der Waals surface area contributed by atoms with Gasteiger partial charge in [0, 0.05) is 38.0 Å². The molecule has 0 bridgehead atoms. The zero-order valence-electron chi connectivity index (χ0n) is 9.80. The van der Waals surface area contributed by atoms with Crippen molar-refractivity contribution < 1.29 is 4.74 Å². The van der Waals surface area contributed by atoms with Crippen molar-refractivity contribution in [2.24, 2.45) is 0 Å². The van der Waals surface area contributed by atoms with E-state index in [2.05, 4.69) is 25.2 Å². The zero-order valence-corrected chi connectivity index (χ0v) is 10.6. The molecule has 0 aliphatic rings. The lowest BCUT2D eigenvalue weighted by Gasteiger charge is -2.08. The first-order valence-electron chi connectivity index (χ1n) is 5.51. The Bertz CT molecular complexity index is 426. The maximum Gasteiger partial charge on any atom is 0.203 e. The highest BCUT2D eigenvalue weighted by molar-refractivity contribution is 7.07. The van der Waals surface area contributed by atoms with Crippen molar-refractivity contribution in [3.05, 3.63) is 29.0 Å². The molecule has 0 aromatic carbocycles. The van der Waals surface area contributed by atoms with E-state index >= 15 is 0 Å². The van der Waals surface area contributed by atoms with Gasteiger partial charge in [-0.2, -0.15) is 0 Å². The second-order valence-electron chi connectivity index (χ2n) is 3.63. The molecule has 0 atom stereocenters. The molecule has 1 N–H and O–H groups in total. The van der Waals surface area contributed by atoms with Crippen LogP contribution < -0.4 is 5.32 Å². The minimum Gasteiger partial charge on any atom is -0.385 e. The van der Waals surface area contributed by atoms with Crippen LogP contribution in [0.4, 0.5) is 5.95 Å². The maximum atomic E-state index is 5.00. The molecule has 17 heavy (non-hydrogen) atoms. The lowest BCUT2D eigenvalue weighted by Crippen LogP contribution is -2.10. The molecular weight excluding hydrogens is 236 g/mol. The molecule has 5 nitrogen and oxygen atoms in total. The number of methoxy groups -OCH3 is 1. The summed E-state index contributed by atoms with van der Waals surface area (Å²) in [5.74, 6) is 0.883. The molecule has 92 valence electrons. The van der Waals surface area contributed by atoms with Gasteiger partial charge in [0.1, 0.15) is 0 Å². The van der Waals surface area contributed by atoms with E-state index in [0.717, 1.165) is 37.8 Å². The van der Waals surface area contributed by atoms with E-state index in [1.807, 2.05) is 11.7 Å². The molecule has 6 heteroatoms. The fraction of sp³-hybridized carbons (Fsp3) is 0.455. The molecular formula is C11H16N4OS. The number of thiazole rings is 1. The molecule has 0 aliphatic heterocycles. The van der Waals surface area contributed by atoms with Crippen LogP contribution in [0.1, 0.15) is 12.1 Å². The summed E-state index contributed by atoms with van der Waals surface area (Å²) in [6, 6.07) is 0. The number of ether oxygens (including phenoxy) is 1. The van der Waals surface area contributed by atoms with Crippen molar-refractivity contribution in [3.63, 3.8) is 0 Å². The fourth-order valence-electron chi connectivity index (χ4n) is 1.51. The molecule has 2 rings (SSSR count). The first kappa shape index (κ1) is 12.1. The van der Waals surface area contributed by atoms with Crippen molar-refractivity contribution in [1.82, 2.24) is 14.5 Å². The Kier molecular flexibility index (Phi) is 4.52. The van der Waals surface area contributed by atoms with Gasteiger partial charge in [-0.05, 0) is 6.42 Å². The minimum absolute atomic E-state index is 0.760. The van der Waals surface area contributed by atoms with Crippen LogP contribution in [0.3, 0.4) is 0 Å². The van der Waals surface area contributed by atoms with E-state index < -0.39 is 0 Å². The van der Waals surface area contributed by atoms with Crippen LogP contribution >= 0.6 is 11.3 Å². The summed E-state index contributed by atoms with van der Waals surface area (Å²) in [4.78, 5) is 8.55. The van der Waals surface area contributed by atoms with Crippen molar-refractivity contribution in [3.8, 4) is 0 Å². The van der Waals surface area contributed by atoms with Crippen LogP contribution in [-0.4, -0.2) is 34.8 Å². The van der Waals surface area contributed by atoms with Crippen LogP contribution in [-0.2, 0) is 11.3 Å². The third-order valence-corrected chi connectivity index (χ3v) is 2.97. The highest BCUT2D eigenvalue weighted by Crippen LogP contribution is 2.09. The number of rotatable bonds is 7. The summed E-state index contributed by atoms with van der Waals surface area (Å²) >= 11 is 1.61. The van der Waals surface area contributed by atoms with E-state index in [0.29, 0.717) is 0 Å². The lowest BCUT2D eigenvalue weighted by atomic mass is 10.4. The Hall–Kier alpha value is -1.40. The number of nitrogens with one attached hydrogen (secondary N) is 1. The van der Waals surface area contributed by atoms with Crippen LogP contribution in [0, 0.1) is 0 Å². The summed E-state index contributed by atoms with van der Waals surface area (Å²) < 4.78 is 7.06. The zero-order chi connectivity index (χ0) is 11.9. The number of nitrogens with zero attached hydrogens (tertiary/aromatic N) is 3. The Labute approximate surface area is 104 Å². The van der Waals surface area contributed by atoms with Gasteiger partial charge in [0.15, 0.2) is 0 Å². The summed E-state index contributed by atoms with van der Waals surface area (Å²) in [6.07, 6.45) is 4.73. The number of imidazole rings is 1. The number of aromatic nitrogens is 3. The lowest BCUT2D eigenvalue weighted by molar-refractivity contribution is 0.197. The van der Waals surface area contributed by atoms with Crippen molar-refractivity contribution in [2.45, 2.75) is 13.0 Å². The Balaban J connectivity index is 1.88. The first-order chi connectivity index (χ1) is 8.40. The molecule has 2 aromatic heterocycles. The topological polar surface area (TPSA) is 52.0 Å². The normalized spacial score (nSPS) is 10.6. The van der Waals surface area contributed by atoms with Crippen LogP contribution in [0.15, 0.2) is 23.3 Å². The summed E-state index contributed by atoms with van der Waals surface area (Å²) in [5, 5.41) is 5.34. The quantitative estimate of drug-likeness (QED) is 0.764. The van der Waals surface area contributed by atoms with Gasteiger partial charge in [0.25, 0.3) is 0 Å². The van der Waals surface area contributed by atoms with Crippen LogP contribution in [0.2, 0.25) is 0 Å². The van der Waals surface area contributed by atoms with E-state index in [9.17, 15) is 0 Å². The van der Waals surface area contributed by atoms with Gasteiger partial charge >= 0.3 is 0 Å². The number of hydrogen-bond donors (Lipinski definition) is 1. The van der Waals surface area contributed by atoms with Crippen LogP contribution in [0.25, 0.3) is 0 Å². The molecule has 0 radical (unpaired) electrons. The fourth-order valence-corrected chi connectivity index (χ4v) is 2.06. The molecule has 2 aromatic rings. The predicted octanol–water partition coefficient (Wildman–Crippen LogP) is 1.84. The van der Waals surface area contributed by atoms with Gasteiger partial charge < -0.3 is 14.6 Å². The van der Waals surface area contributed by atoms with Gasteiger partial charge in [0.2, 0.25) is 5.95 Å². The second-order valence-corrected chi connectivity index (χ2v) is 4.35. The molecule has 0 saturated carbocycles. The predicted molar refractivity (Wildman–Crippen MR) is 68.4 cm³/mol. The SMILES string of the molecule is COCCCNc1nccn1Cc1cscn1. The molecule has 0 fully saturated rings. The monoisotopic (exact) mass is 252 g/mol. The Morgan fingerprint density at radius 2 is 2.41 bits per heavy atom. The van der Waals surface area contributed by atoms with Crippen molar-refractivity contribution in [1.29, 1.82) is 0 Å². The van der Waals surface area contributed by atoms with Crippen LogP contribution in [0.5, 0.6) is 0 Å². The van der Waals surface area contributed by atoms with Crippen molar-refractivity contribution >= 4 is 17.3 Å². The average Bonchev–Trinajstić information content (AvgIpc) is 2.97. The first-order valence-corrected chi connectivity index (χ1v) is 6.45. The molecule has 0 unspecified atom stereocenters. The highest BCUT2D eigenvalue weighted by Gasteiger charge is 2.03. The van der Waals surface area contributed by atoms with E-state index in [1.54, 1.807) is 24.6 Å². The van der Waals surface area contributed by atoms with E-state index in [4.69, 9.17) is 4.74 Å². The molecule has 0 spiro atoms. The molecule has 0 amide bonds. The Morgan fingerprint density at radius 1 is 1.47 bits per heavy atom. The molecule has 2 heterocycles. The van der Waals surface area contributed by atoms with E-state index in [1.165, 1.54) is 0 Å². The van der Waals surface area contributed by atoms with Gasteiger partial charge in [-0.15, -0.1) is 11.3 Å². The largest absolute Gasteiger partial charge is 0.385 e. The maximum absolute atomic E-state index is 5.00. The third kappa shape index (κ3) is 3.54. The van der Waals surface area contributed by atoms with Gasteiger partial charge in [-0.25, -0.2) is 9.97 Å². The number of hydrogen-bond acceptors (Lipinski definition) is 5. The number of anilines is 1. The van der Waals surface area contributed by atoms with Crippen molar-refractivity contribution in [2.75, 3.05) is 25.6 Å². The van der Waals surface area contributed by atoms with Gasteiger partial charge in [-0.3, -0.25) is 0 Å². The minimum atomic E-state index is 0.760. The standard InChI is InChI=1S/C11H16N4OS/c1-16-6-2-3-12-11-13-4-5-15(11)7-10-8-17-9-14-10/h4-5,8-9H,2-3,6-7H2,1H3,(H,12,13). The average molecular weight is 252 g/mol. The highest BCUT2D eigenvalue weighted by atomic mass is 32.1. The smallest absolute Gasteiger partial charge is 0.203 e. The second kappa shape index (κ2) is 6.36. The summed E-state index contributed by atoms with van der Waals surface area (Å²) in [7, 11) is 1.71. The molecule has 0 saturated heterocycles. The Morgan fingerprint density at radius 3 is 3.18 bits per heavy atom. The summed E-state index contributed by atoms with van der Waals surface area (Å²) in [6.45, 7) is 2.39. The molecule has 0 aliphatic carbocycles. The summed E-state index contributed by atoms with van der Waals surface area (Å²) in [5.41, 5.74) is 2.91.